The smallest absolute Gasteiger partial charge is 0.326 e. The maximum absolute atomic E-state index is 13.3. The van der Waals surface area contributed by atoms with Gasteiger partial charge >= 0.3 is 12.0 Å². The van der Waals surface area contributed by atoms with Crippen LogP contribution in [-0.2, 0) is 11.3 Å². The Morgan fingerprint density at radius 1 is 1.30 bits per heavy atom. The normalized spacial score (nSPS) is 11.8. The average Bonchev–Trinajstić information content (AvgIpc) is 2.37. The number of hydrogen-bond acceptors (Lipinski definition) is 3. The summed E-state index contributed by atoms with van der Waals surface area (Å²) in [6, 6.07) is 0.838. The van der Waals surface area contributed by atoms with Gasteiger partial charge in [0.25, 0.3) is 0 Å². The van der Waals surface area contributed by atoms with Crippen LogP contribution in [-0.4, -0.2) is 34.9 Å². The van der Waals surface area contributed by atoms with Crippen molar-refractivity contribution >= 4 is 12.0 Å². The lowest BCUT2D eigenvalue weighted by atomic mass is 10.2. The van der Waals surface area contributed by atoms with Crippen molar-refractivity contribution in [3.8, 4) is 0 Å². The van der Waals surface area contributed by atoms with Crippen LogP contribution in [0.15, 0.2) is 18.2 Å². The zero-order valence-electron chi connectivity index (χ0n) is 10.4. The largest absolute Gasteiger partial charge is 0.480 e. The Morgan fingerprint density at radius 3 is 2.55 bits per heavy atom. The van der Waals surface area contributed by atoms with E-state index in [9.17, 15) is 18.4 Å². The third-order valence-corrected chi connectivity index (χ3v) is 2.48. The Balaban J connectivity index is 2.52. The Morgan fingerprint density at radius 2 is 2.00 bits per heavy atom. The number of carbonyl (C=O) groups is 2. The highest BCUT2D eigenvalue weighted by atomic mass is 19.1. The van der Waals surface area contributed by atoms with E-state index >= 15 is 0 Å². The van der Waals surface area contributed by atoms with Gasteiger partial charge < -0.3 is 20.8 Å². The first-order chi connectivity index (χ1) is 9.43. The molecular formula is C12H14F2N2O4. The standard InChI is InChI=1S/C12H14F2N2O4/c13-8-2-1-7(9(14)5-8)6-15-12(20)16-10(3-4-17)11(18)19/h1-2,5,10,17H,3-4,6H2,(H,18,19)(H2,15,16,20). The molecule has 0 fully saturated rings. The van der Waals surface area contributed by atoms with Gasteiger partial charge in [0.1, 0.15) is 17.7 Å². The molecule has 0 bridgehead atoms. The number of benzene rings is 1. The fraction of sp³-hybridized carbons (Fsp3) is 0.333. The Kier molecular flexibility index (Phi) is 5.85. The highest BCUT2D eigenvalue weighted by Gasteiger charge is 2.19. The molecule has 4 N–H and O–H groups in total. The molecule has 6 nitrogen and oxygen atoms in total. The summed E-state index contributed by atoms with van der Waals surface area (Å²) in [4.78, 5) is 22.2. The van der Waals surface area contributed by atoms with Crippen molar-refractivity contribution in [3.05, 3.63) is 35.4 Å². The number of rotatable bonds is 6. The fourth-order valence-electron chi connectivity index (χ4n) is 1.44. The number of carboxylic acids is 1. The first kappa shape index (κ1) is 15.8. The molecular weight excluding hydrogens is 274 g/mol. The second kappa shape index (κ2) is 7.39. The third-order valence-electron chi connectivity index (χ3n) is 2.48. The molecule has 1 unspecified atom stereocenters. The van der Waals surface area contributed by atoms with Crippen molar-refractivity contribution in [1.29, 1.82) is 0 Å². The summed E-state index contributed by atoms with van der Waals surface area (Å²) in [5, 5.41) is 21.8. The van der Waals surface area contributed by atoms with Crippen LogP contribution in [0.2, 0.25) is 0 Å². The molecule has 0 saturated carbocycles. The fourth-order valence-corrected chi connectivity index (χ4v) is 1.44. The van der Waals surface area contributed by atoms with Gasteiger partial charge in [-0.05, 0) is 6.07 Å². The zero-order valence-corrected chi connectivity index (χ0v) is 10.4. The number of nitrogens with one attached hydrogen (secondary N) is 2. The van der Waals surface area contributed by atoms with Gasteiger partial charge in [0.2, 0.25) is 0 Å². The monoisotopic (exact) mass is 288 g/mol. The summed E-state index contributed by atoms with van der Waals surface area (Å²) in [5.41, 5.74) is 0.0654. The van der Waals surface area contributed by atoms with E-state index in [1.807, 2.05) is 0 Å². The number of urea groups is 1. The van der Waals surface area contributed by atoms with Gasteiger partial charge in [-0.3, -0.25) is 0 Å². The minimum absolute atomic E-state index is 0.0654. The molecule has 0 saturated heterocycles. The molecule has 0 heterocycles. The summed E-state index contributed by atoms with van der Waals surface area (Å²) in [7, 11) is 0. The molecule has 0 aliphatic heterocycles. The Hall–Kier alpha value is -2.22. The quantitative estimate of drug-likeness (QED) is 0.616. The second-order valence-electron chi connectivity index (χ2n) is 3.97. The lowest BCUT2D eigenvalue weighted by Gasteiger charge is -2.14. The first-order valence-electron chi connectivity index (χ1n) is 5.76. The molecule has 2 amide bonds. The predicted octanol–water partition coefficient (Wildman–Crippen LogP) is 0.600. The molecule has 0 aromatic heterocycles. The van der Waals surface area contributed by atoms with Crippen molar-refractivity contribution in [1.82, 2.24) is 10.6 Å². The second-order valence-corrected chi connectivity index (χ2v) is 3.97. The summed E-state index contributed by atoms with van der Waals surface area (Å²) in [6.45, 7) is -0.618. The van der Waals surface area contributed by atoms with Crippen molar-refractivity contribution < 1.29 is 28.6 Å². The lowest BCUT2D eigenvalue weighted by molar-refractivity contribution is -0.139. The number of aliphatic hydroxyl groups excluding tert-OH is 1. The van der Waals surface area contributed by atoms with E-state index in [2.05, 4.69) is 10.6 Å². The molecule has 1 aromatic rings. The Bertz CT molecular complexity index is 496. The molecule has 0 aliphatic rings. The third kappa shape index (κ3) is 4.81. The van der Waals surface area contributed by atoms with Gasteiger partial charge in [-0.25, -0.2) is 18.4 Å². The minimum Gasteiger partial charge on any atom is -0.480 e. The van der Waals surface area contributed by atoms with E-state index in [1.54, 1.807) is 0 Å². The number of amides is 2. The van der Waals surface area contributed by atoms with Crippen molar-refractivity contribution in [3.63, 3.8) is 0 Å². The van der Waals surface area contributed by atoms with E-state index in [0.29, 0.717) is 6.07 Å². The average molecular weight is 288 g/mol. The van der Waals surface area contributed by atoms with Crippen LogP contribution in [0.25, 0.3) is 0 Å². The van der Waals surface area contributed by atoms with E-state index in [0.717, 1.165) is 6.07 Å². The molecule has 0 radical (unpaired) electrons. The molecule has 0 aliphatic carbocycles. The molecule has 20 heavy (non-hydrogen) atoms. The van der Waals surface area contributed by atoms with Gasteiger partial charge in [-0.1, -0.05) is 6.07 Å². The topological polar surface area (TPSA) is 98.7 Å². The van der Waals surface area contributed by atoms with Crippen LogP contribution in [0, 0.1) is 11.6 Å². The van der Waals surface area contributed by atoms with E-state index in [1.165, 1.54) is 6.07 Å². The van der Waals surface area contributed by atoms with Gasteiger partial charge in [0.15, 0.2) is 0 Å². The maximum Gasteiger partial charge on any atom is 0.326 e. The predicted molar refractivity (Wildman–Crippen MR) is 64.9 cm³/mol. The van der Waals surface area contributed by atoms with Crippen LogP contribution in [0.3, 0.4) is 0 Å². The zero-order chi connectivity index (χ0) is 15.1. The summed E-state index contributed by atoms with van der Waals surface area (Å²) < 4.78 is 25.9. The van der Waals surface area contributed by atoms with Crippen LogP contribution in [0.4, 0.5) is 13.6 Å². The van der Waals surface area contributed by atoms with E-state index in [4.69, 9.17) is 10.2 Å². The molecule has 1 rings (SSSR count). The number of halogens is 2. The van der Waals surface area contributed by atoms with Crippen molar-refractivity contribution in [2.24, 2.45) is 0 Å². The Labute approximate surface area is 113 Å². The number of aliphatic hydroxyl groups is 1. The van der Waals surface area contributed by atoms with Crippen molar-refractivity contribution in [2.45, 2.75) is 19.0 Å². The van der Waals surface area contributed by atoms with Crippen molar-refractivity contribution in [2.75, 3.05) is 6.61 Å². The summed E-state index contributed by atoms with van der Waals surface area (Å²) in [5.74, 6) is -2.83. The first-order valence-corrected chi connectivity index (χ1v) is 5.76. The number of hydrogen-bond donors (Lipinski definition) is 4. The van der Waals surface area contributed by atoms with Crippen LogP contribution in [0.5, 0.6) is 0 Å². The highest BCUT2D eigenvalue weighted by molar-refractivity contribution is 5.82. The van der Waals surface area contributed by atoms with E-state index < -0.39 is 36.3 Å². The van der Waals surface area contributed by atoms with Gasteiger partial charge in [-0.15, -0.1) is 0 Å². The lowest BCUT2D eigenvalue weighted by Crippen LogP contribution is -2.46. The number of carboxylic acid groups (broad SMARTS) is 1. The highest BCUT2D eigenvalue weighted by Crippen LogP contribution is 2.08. The maximum atomic E-state index is 13.3. The molecule has 8 heteroatoms. The molecule has 1 aromatic carbocycles. The minimum atomic E-state index is -1.29. The molecule has 0 spiro atoms. The van der Waals surface area contributed by atoms with Gasteiger partial charge in [0, 0.05) is 31.2 Å². The molecule has 110 valence electrons. The SMILES string of the molecule is O=C(NCc1ccc(F)cc1F)NC(CCO)C(=O)O. The van der Waals surface area contributed by atoms with Gasteiger partial charge in [0.05, 0.1) is 0 Å². The van der Waals surface area contributed by atoms with Crippen LogP contribution < -0.4 is 10.6 Å². The summed E-state index contributed by atoms with van der Waals surface area (Å²) >= 11 is 0. The number of aliphatic carboxylic acids is 1. The van der Waals surface area contributed by atoms with E-state index in [-0.39, 0.29) is 18.5 Å². The number of carbonyl (C=O) groups excluding carboxylic acids is 1. The van der Waals surface area contributed by atoms with Crippen LogP contribution >= 0.6 is 0 Å². The van der Waals surface area contributed by atoms with Crippen LogP contribution in [0.1, 0.15) is 12.0 Å². The van der Waals surface area contributed by atoms with Gasteiger partial charge in [-0.2, -0.15) is 0 Å². The molecule has 1 atom stereocenters. The summed E-state index contributed by atoms with van der Waals surface area (Å²) in [6.07, 6.45) is -0.145.